The van der Waals surface area contributed by atoms with Gasteiger partial charge in [0.2, 0.25) is 0 Å². The zero-order valence-corrected chi connectivity index (χ0v) is 41.3. The first-order chi connectivity index (χ1) is 34.0. The van der Waals surface area contributed by atoms with Crippen LogP contribution in [0.3, 0.4) is 0 Å². The Morgan fingerprint density at radius 2 is 0.486 bits per heavy atom. The number of aryl methyl sites for hydroxylation is 4. The van der Waals surface area contributed by atoms with Crippen molar-refractivity contribution < 1.29 is 37.9 Å². The summed E-state index contributed by atoms with van der Waals surface area (Å²) in [6.07, 6.45) is 6.75. The van der Waals surface area contributed by atoms with E-state index in [9.17, 15) is 0 Å². The molecule has 0 aliphatic carbocycles. The van der Waals surface area contributed by atoms with Crippen LogP contribution in [0.15, 0.2) is 133 Å². The normalized spacial score (nSPS) is 18.7. The summed E-state index contributed by atoms with van der Waals surface area (Å²) in [6, 6.07) is 49.0. The van der Waals surface area contributed by atoms with Gasteiger partial charge in [0.05, 0.1) is 52.9 Å². The van der Waals surface area contributed by atoms with E-state index in [1.54, 1.807) is 0 Å². The molecule has 0 N–H and O–H groups in total. The molecule has 4 aliphatic rings. The Morgan fingerprint density at radius 3 is 0.686 bits per heavy atom. The predicted octanol–water partition coefficient (Wildman–Crippen LogP) is 12.5. The average molecular weight is 939 g/mol. The van der Waals surface area contributed by atoms with Gasteiger partial charge in [0.15, 0.2) is 23.1 Å². The van der Waals surface area contributed by atoms with Crippen LogP contribution in [0, 0.1) is 11.8 Å². The third-order valence-electron chi connectivity index (χ3n) is 14.4. The molecule has 6 aromatic rings. The number of benzene rings is 6. The molecule has 0 amide bonds. The second-order valence-corrected chi connectivity index (χ2v) is 20.0. The summed E-state index contributed by atoms with van der Waals surface area (Å²) in [5.74, 6) is 5.21. The molecule has 4 saturated heterocycles. The van der Waals surface area contributed by atoms with E-state index < -0.39 is 23.1 Å². The smallest absolute Gasteiger partial charge is 0.166 e. The first-order valence-electron chi connectivity index (χ1n) is 25.3. The Bertz CT molecular complexity index is 2390. The fourth-order valence-electron chi connectivity index (χ4n) is 9.96. The van der Waals surface area contributed by atoms with Gasteiger partial charge in [0.1, 0.15) is 0 Å². The van der Waals surface area contributed by atoms with Gasteiger partial charge in [-0.1, -0.05) is 109 Å². The van der Waals surface area contributed by atoms with Crippen LogP contribution >= 0.6 is 0 Å². The van der Waals surface area contributed by atoms with Gasteiger partial charge in [0.25, 0.3) is 0 Å². The molecule has 0 radical (unpaired) electrons. The lowest BCUT2D eigenvalue weighted by atomic mass is 9.93. The minimum absolute atomic E-state index is 0.514. The molecule has 0 saturated carbocycles. The molecule has 6 aromatic carbocycles. The van der Waals surface area contributed by atoms with Gasteiger partial charge < -0.3 is 37.9 Å². The minimum atomic E-state index is -0.514. The van der Waals surface area contributed by atoms with Crippen LogP contribution in [0.4, 0.5) is 0 Å². The first-order valence-corrected chi connectivity index (χ1v) is 25.3. The fraction of sp³-hybridized carbons (Fsp3) is 0.387. The Balaban J connectivity index is 0.957. The van der Waals surface area contributed by atoms with Gasteiger partial charge >= 0.3 is 0 Å². The highest BCUT2D eigenvalue weighted by Gasteiger charge is 2.33. The summed E-state index contributed by atoms with van der Waals surface area (Å²) in [5.41, 5.74) is 15.9. The molecule has 0 unspecified atom stereocenters. The number of ether oxygens (including phenoxy) is 8. The third kappa shape index (κ3) is 12.2. The van der Waals surface area contributed by atoms with E-state index in [4.69, 9.17) is 37.9 Å². The van der Waals surface area contributed by atoms with E-state index >= 15 is 0 Å². The molecule has 8 nitrogen and oxygen atoms in total. The van der Waals surface area contributed by atoms with Gasteiger partial charge in [0, 0.05) is 36.8 Å². The molecule has 362 valence electrons. The maximum atomic E-state index is 5.88. The average Bonchev–Trinajstić information content (AvgIpc) is 4.24. The van der Waals surface area contributed by atoms with Gasteiger partial charge in [-0.3, -0.25) is 0 Å². The van der Waals surface area contributed by atoms with Crippen LogP contribution in [0.5, 0.6) is 0 Å². The zero-order chi connectivity index (χ0) is 48.0. The summed E-state index contributed by atoms with van der Waals surface area (Å²) in [6.45, 7) is 13.4. The Morgan fingerprint density at radius 1 is 0.286 bits per heavy atom. The number of hydrogen-bond acceptors (Lipinski definition) is 8. The Kier molecular flexibility index (Phi) is 14.5. The van der Waals surface area contributed by atoms with E-state index in [-0.39, 0.29) is 0 Å². The lowest BCUT2D eigenvalue weighted by molar-refractivity contribution is -0.146. The summed E-state index contributed by atoms with van der Waals surface area (Å²) >= 11 is 0. The first kappa shape index (κ1) is 48.2. The van der Waals surface area contributed by atoms with Crippen LogP contribution in [0.25, 0.3) is 44.5 Å². The molecule has 4 heterocycles. The quantitative estimate of drug-likeness (QED) is 0.0889. The zero-order valence-electron chi connectivity index (χ0n) is 41.3. The number of hydrogen-bond donors (Lipinski definition) is 0. The van der Waals surface area contributed by atoms with Crippen molar-refractivity contribution in [2.45, 2.75) is 102 Å². The predicted molar refractivity (Wildman–Crippen MR) is 275 cm³/mol. The van der Waals surface area contributed by atoms with E-state index in [1.165, 1.54) is 22.3 Å². The van der Waals surface area contributed by atoms with E-state index in [0.717, 1.165) is 107 Å². The van der Waals surface area contributed by atoms with Gasteiger partial charge in [-0.25, -0.2) is 0 Å². The highest BCUT2D eigenvalue weighted by Crippen LogP contribution is 2.34. The van der Waals surface area contributed by atoms with Gasteiger partial charge in [-0.15, -0.1) is 0 Å². The Labute approximate surface area is 414 Å². The molecule has 0 aromatic heterocycles. The Hall–Kier alpha value is -5.44. The molecule has 4 fully saturated rings. The third-order valence-corrected chi connectivity index (χ3v) is 14.4. The van der Waals surface area contributed by atoms with Crippen LogP contribution in [0.1, 0.15) is 86.8 Å². The summed E-state index contributed by atoms with van der Waals surface area (Å²) in [7, 11) is 0. The maximum absolute atomic E-state index is 5.88. The summed E-state index contributed by atoms with van der Waals surface area (Å²) in [4.78, 5) is 0. The minimum Gasteiger partial charge on any atom is -0.348 e. The lowest BCUT2D eigenvalue weighted by Gasteiger charge is -2.22. The molecular formula is C62H66O8. The van der Waals surface area contributed by atoms with E-state index in [0.29, 0.717) is 52.9 Å². The largest absolute Gasteiger partial charge is 0.348 e. The van der Waals surface area contributed by atoms with Gasteiger partial charge in [-0.05, 0) is 157 Å². The molecule has 10 rings (SSSR count). The summed E-state index contributed by atoms with van der Waals surface area (Å²) < 4.78 is 47.1. The highest BCUT2D eigenvalue weighted by atomic mass is 16.7. The second kappa shape index (κ2) is 21.1. The van der Waals surface area contributed by atoms with Crippen LogP contribution in [-0.4, -0.2) is 76.0 Å². The summed E-state index contributed by atoms with van der Waals surface area (Å²) in [5, 5.41) is 0. The van der Waals surface area contributed by atoms with Crippen molar-refractivity contribution in [1.29, 1.82) is 0 Å². The van der Waals surface area contributed by atoms with Crippen molar-refractivity contribution in [1.82, 2.24) is 0 Å². The maximum Gasteiger partial charge on any atom is 0.166 e. The monoisotopic (exact) mass is 938 g/mol. The van der Waals surface area contributed by atoms with Crippen LogP contribution in [-0.2, 0) is 63.6 Å². The fourth-order valence-corrected chi connectivity index (χ4v) is 9.96. The van der Waals surface area contributed by atoms with Crippen molar-refractivity contribution in [3.05, 3.63) is 167 Å². The van der Waals surface area contributed by atoms with Gasteiger partial charge in [-0.2, -0.15) is 0 Å². The van der Waals surface area contributed by atoms with Crippen molar-refractivity contribution in [3.8, 4) is 56.3 Å². The molecule has 0 atom stereocenters. The van der Waals surface area contributed by atoms with Crippen molar-refractivity contribution in [3.63, 3.8) is 0 Å². The van der Waals surface area contributed by atoms with Crippen LogP contribution in [0.2, 0.25) is 0 Å². The number of rotatable bonds is 16. The molecule has 8 heteroatoms. The van der Waals surface area contributed by atoms with E-state index in [1.807, 2.05) is 27.7 Å². The molecule has 70 heavy (non-hydrogen) atoms. The lowest BCUT2D eigenvalue weighted by Crippen LogP contribution is -2.26. The molecule has 0 spiro atoms. The van der Waals surface area contributed by atoms with Crippen molar-refractivity contribution in [2.24, 2.45) is 0 Å². The molecule has 4 aliphatic heterocycles. The topological polar surface area (TPSA) is 73.8 Å². The highest BCUT2D eigenvalue weighted by molar-refractivity contribution is 5.78. The van der Waals surface area contributed by atoms with Crippen LogP contribution < -0.4 is 0 Å². The second-order valence-electron chi connectivity index (χ2n) is 20.0. The standard InChI is InChI=1S/C62H66O8/c1-59(63-31-32-64-59)27-23-45-7-15-51(16-8-45)55-39-49(40-56(43-55)52-17-9-46(10-18-52)24-28-60(2)65-33-34-66-60)5-6-50-41-57(53-19-11-47(12-20-53)25-29-61(3)67-35-36-68-61)44-58(42-50)54-21-13-48(14-22-54)26-30-62(4)69-37-38-70-62/h7-22,39-44H,23-38H2,1-4H3. The SMILES string of the molecule is CC1(CCc2ccc(-c3cc(C#Cc4cc(-c5ccc(CCC6(C)OCCO6)cc5)cc(-c5ccc(CCC6(C)OCCO6)cc5)c4)cc(-c4ccc(CCC5(C)OCCO5)cc4)c3)cc2)OCCO1. The van der Waals surface area contributed by atoms with Crippen molar-refractivity contribution in [2.75, 3.05) is 52.9 Å². The molecule has 0 bridgehead atoms. The molecular weight excluding hydrogens is 873 g/mol. The van der Waals surface area contributed by atoms with Crippen molar-refractivity contribution >= 4 is 0 Å². The van der Waals surface area contributed by atoms with E-state index in [2.05, 4.69) is 145 Å².